The topological polar surface area (TPSA) is 66.5 Å². The molecular weight excluding hydrogens is 324 g/mol. The highest BCUT2D eigenvalue weighted by molar-refractivity contribution is 7.89. The Morgan fingerprint density at radius 3 is 2.42 bits per heavy atom. The van der Waals surface area contributed by atoms with Gasteiger partial charge in [0.25, 0.3) is 0 Å². The number of carbonyl (C=O) groups excluding carboxylic acids is 1. The van der Waals surface area contributed by atoms with Crippen molar-refractivity contribution in [1.82, 2.24) is 9.62 Å². The smallest absolute Gasteiger partial charge is 0.243 e. The molecule has 1 amide bonds. The molecule has 0 unspecified atom stereocenters. The van der Waals surface area contributed by atoms with Gasteiger partial charge in [0, 0.05) is 26.1 Å². The first-order chi connectivity index (χ1) is 11.4. The van der Waals surface area contributed by atoms with Gasteiger partial charge in [-0.3, -0.25) is 4.79 Å². The van der Waals surface area contributed by atoms with Crippen LogP contribution in [0.3, 0.4) is 0 Å². The Balaban J connectivity index is 1.85. The summed E-state index contributed by atoms with van der Waals surface area (Å²) in [4.78, 5) is 12.2. The number of amides is 1. The number of piperidine rings is 1. The molecule has 6 heteroatoms. The van der Waals surface area contributed by atoms with E-state index in [9.17, 15) is 13.2 Å². The minimum atomic E-state index is -3.42. The summed E-state index contributed by atoms with van der Waals surface area (Å²) >= 11 is 0. The van der Waals surface area contributed by atoms with Gasteiger partial charge in [-0.25, -0.2) is 8.42 Å². The van der Waals surface area contributed by atoms with E-state index in [0.29, 0.717) is 24.4 Å². The van der Waals surface area contributed by atoms with Gasteiger partial charge >= 0.3 is 0 Å². The molecular formula is C18H28N2O3S. The number of unbranched alkanes of at least 4 members (excludes halogenated alkanes) is 1. The van der Waals surface area contributed by atoms with Gasteiger partial charge in [-0.1, -0.05) is 31.0 Å². The molecule has 1 aromatic rings. The third-order valence-electron chi connectivity index (χ3n) is 4.56. The average molecular weight is 353 g/mol. The second-order valence-corrected chi connectivity index (χ2v) is 8.51. The van der Waals surface area contributed by atoms with E-state index in [4.69, 9.17) is 0 Å². The first-order valence-electron chi connectivity index (χ1n) is 8.77. The molecule has 5 nitrogen and oxygen atoms in total. The molecule has 0 bridgehead atoms. The fourth-order valence-electron chi connectivity index (χ4n) is 2.95. The Hall–Kier alpha value is -1.40. The quantitative estimate of drug-likeness (QED) is 0.767. The van der Waals surface area contributed by atoms with Crippen LogP contribution in [0.15, 0.2) is 29.2 Å². The predicted molar refractivity (Wildman–Crippen MR) is 95.2 cm³/mol. The van der Waals surface area contributed by atoms with E-state index < -0.39 is 10.0 Å². The fourth-order valence-corrected chi connectivity index (χ4v) is 4.42. The zero-order chi connectivity index (χ0) is 17.6. The van der Waals surface area contributed by atoms with E-state index in [2.05, 4.69) is 12.2 Å². The van der Waals surface area contributed by atoms with Crippen LogP contribution in [0.25, 0.3) is 0 Å². The Morgan fingerprint density at radius 1 is 1.21 bits per heavy atom. The van der Waals surface area contributed by atoms with Crippen molar-refractivity contribution in [2.45, 2.75) is 50.8 Å². The van der Waals surface area contributed by atoms with Crippen LogP contribution in [-0.2, 0) is 14.8 Å². The molecule has 1 aliphatic heterocycles. The second kappa shape index (κ2) is 8.62. The summed E-state index contributed by atoms with van der Waals surface area (Å²) in [6, 6.07) is 6.97. The molecule has 1 N–H and O–H groups in total. The molecule has 0 atom stereocenters. The number of aryl methyl sites for hydroxylation is 1. The Morgan fingerprint density at radius 2 is 1.83 bits per heavy atom. The number of rotatable bonds is 7. The lowest BCUT2D eigenvalue weighted by Crippen LogP contribution is -2.39. The number of nitrogens with one attached hydrogen (secondary N) is 1. The van der Waals surface area contributed by atoms with Crippen molar-refractivity contribution in [1.29, 1.82) is 0 Å². The van der Waals surface area contributed by atoms with Gasteiger partial charge in [0.1, 0.15) is 0 Å². The van der Waals surface area contributed by atoms with Crippen molar-refractivity contribution in [3.05, 3.63) is 29.8 Å². The summed E-state index contributed by atoms with van der Waals surface area (Å²) in [6.45, 7) is 5.74. The van der Waals surface area contributed by atoms with Crippen molar-refractivity contribution >= 4 is 15.9 Å². The molecule has 134 valence electrons. The van der Waals surface area contributed by atoms with Crippen molar-refractivity contribution in [2.24, 2.45) is 5.92 Å². The zero-order valence-corrected chi connectivity index (χ0v) is 15.4. The maximum absolute atomic E-state index is 12.6. The number of benzene rings is 1. The lowest BCUT2D eigenvalue weighted by atomic mass is 9.94. The molecule has 1 heterocycles. The summed E-state index contributed by atoms with van der Waals surface area (Å²) in [6.07, 6.45) is 4.05. The summed E-state index contributed by atoms with van der Waals surface area (Å²) in [5, 5.41) is 2.93. The van der Waals surface area contributed by atoms with E-state index in [0.717, 1.165) is 37.8 Å². The first-order valence-corrected chi connectivity index (χ1v) is 10.2. The van der Waals surface area contributed by atoms with Gasteiger partial charge in [-0.05, 0) is 44.2 Å². The van der Waals surface area contributed by atoms with Crippen molar-refractivity contribution in [2.75, 3.05) is 19.6 Å². The maximum atomic E-state index is 12.6. The van der Waals surface area contributed by atoms with Gasteiger partial charge in [-0.2, -0.15) is 4.31 Å². The molecule has 0 spiro atoms. The normalized spacial score (nSPS) is 16.9. The van der Waals surface area contributed by atoms with Crippen LogP contribution >= 0.6 is 0 Å². The van der Waals surface area contributed by atoms with Crippen molar-refractivity contribution < 1.29 is 13.2 Å². The van der Waals surface area contributed by atoms with Gasteiger partial charge in [0.15, 0.2) is 0 Å². The highest BCUT2D eigenvalue weighted by Gasteiger charge is 2.30. The lowest BCUT2D eigenvalue weighted by Gasteiger charge is -2.31. The molecule has 2 rings (SSSR count). The molecule has 0 aliphatic carbocycles. The van der Waals surface area contributed by atoms with Gasteiger partial charge in [0.2, 0.25) is 15.9 Å². The molecule has 1 aliphatic rings. The Bertz CT molecular complexity index is 633. The third kappa shape index (κ3) is 5.05. The lowest BCUT2D eigenvalue weighted by molar-refractivity contribution is -0.122. The highest BCUT2D eigenvalue weighted by Crippen LogP contribution is 2.25. The van der Waals surface area contributed by atoms with Crippen LogP contribution in [0, 0.1) is 12.8 Å². The highest BCUT2D eigenvalue weighted by atomic mass is 32.2. The average Bonchev–Trinajstić information content (AvgIpc) is 2.56. The fraction of sp³-hybridized carbons (Fsp3) is 0.611. The molecule has 1 saturated heterocycles. The molecule has 0 radical (unpaired) electrons. The summed E-state index contributed by atoms with van der Waals surface area (Å²) in [5.41, 5.74) is 1.04. The van der Waals surface area contributed by atoms with Gasteiger partial charge in [0.05, 0.1) is 4.90 Å². The summed E-state index contributed by atoms with van der Waals surface area (Å²) < 4.78 is 26.8. The van der Waals surface area contributed by atoms with E-state index in [1.807, 2.05) is 19.1 Å². The molecule has 0 saturated carbocycles. The monoisotopic (exact) mass is 352 g/mol. The number of hydrogen-bond acceptors (Lipinski definition) is 3. The zero-order valence-electron chi connectivity index (χ0n) is 14.6. The van der Waals surface area contributed by atoms with Crippen LogP contribution in [0.4, 0.5) is 0 Å². The van der Waals surface area contributed by atoms with Gasteiger partial charge < -0.3 is 5.32 Å². The number of hydrogen-bond donors (Lipinski definition) is 1. The van der Waals surface area contributed by atoms with Crippen molar-refractivity contribution in [3.8, 4) is 0 Å². The SMILES string of the molecule is CCCCNC(=O)CC1CCN(S(=O)(=O)c2ccc(C)cc2)CC1. The Labute approximate surface area is 145 Å². The minimum absolute atomic E-state index is 0.0864. The predicted octanol–water partition coefficient (Wildman–Crippen LogP) is 2.70. The van der Waals surface area contributed by atoms with E-state index >= 15 is 0 Å². The van der Waals surface area contributed by atoms with E-state index in [1.54, 1.807) is 16.4 Å². The minimum Gasteiger partial charge on any atom is -0.356 e. The summed E-state index contributed by atoms with van der Waals surface area (Å²) in [7, 11) is -3.42. The number of sulfonamides is 1. The Kier molecular flexibility index (Phi) is 6.80. The molecule has 0 aromatic heterocycles. The van der Waals surface area contributed by atoms with Crippen LogP contribution in [0.5, 0.6) is 0 Å². The van der Waals surface area contributed by atoms with E-state index in [-0.39, 0.29) is 11.8 Å². The number of nitrogens with zero attached hydrogens (tertiary/aromatic N) is 1. The van der Waals surface area contributed by atoms with Crippen LogP contribution in [0.1, 0.15) is 44.6 Å². The molecule has 1 fully saturated rings. The van der Waals surface area contributed by atoms with Crippen LogP contribution < -0.4 is 5.32 Å². The first kappa shape index (κ1) is 18.9. The largest absolute Gasteiger partial charge is 0.356 e. The van der Waals surface area contributed by atoms with Crippen molar-refractivity contribution in [3.63, 3.8) is 0 Å². The van der Waals surface area contributed by atoms with Crippen LogP contribution in [-0.4, -0.2) is 38.3 Å². The summed E-state index contributed by atoms with van der Waals surface area (Å²) in [5.74, 6) is 0.361. The number of carbonyl (C=O) groups is 1. The second-order valence-electron chi connectivity index (χ2n) is 6.57. The van der Waals surface area contributed by atoms with Crippen LogP contribution in [0.2, 0.25) is 0 Å². The molecule has 1 aromatic carbocycles. The van der Waals surface area contributed by atoms with Gasteiger partial charge in [-0.15, -0.1) is 0 Å². The maximum Gasteiger partial charge on any atom is 0.243 e. The standard InChI is InChI=1S/C18H28N2O3S/c1-3-4-11-19-18(21)14-16-9-12-20(13-10-16)24(22,23)17-7-5-15(2)6-8-17/h5-8,16H,3-4,9-14H2,1-2H3,(H,19,21). The molecule has 24 heavy (non-hydrogen) atoms. The van der Waals surface area contributed by atoms with E-state index in [1.165, 1.54) is 0 Å². The third-order valence-corrected chi connectivity index (χ3v) is 6.47.